The molecule has 3 rings (SSSR count). The van der Waals surface area contributed by atoms with Crippen LogP contribution in [0.15, 0.2) is 55.0 Å². The number of nitrogens with zero attached hydrogens (tertiary/aromatic N) is 4. The van der Waals surface area contributed by atoms with Crippen molar-refractivity contribution < 1.29 is 9.53 Å². The molecule has 0 radical (unpaired) electrons. The molecule has 0 amide bonds. The normalized spacial score (nSPS) is 11.0. The lowest BCUT2D eigenvalue weighted by Gasteiger charge is -2.09. The highest BCUT2D eigenvalue weighted by atomic mass is 16.5. The second-order valence-corrected chi connectivity index (χ2v) is 6.62. The van der Waals surface area contributed by atoms with Gasteiger partial charge in [-0.05, 0) is 31.3 Å². The summed E-state index contributed by atoms with van der Waals surface area (Å²) in [7, 11) is 5.47. The van der Waals surface area contributed by atoms with Crippen LogP contribution in [0.2, 0.25) is 0 Å². The number of hydrogen-bond acceptors (Lipinski definition) is 5. The number of carbonyl (C=O) groups excluding carboxylic acids is 1. The quantitative estimate of drug-likeness (QED) is 0.603. The molecule has 0 atom stereocenters. The number of aromatic nitrogens is 3. The zero-order valence-electron chi connectivity index (χ0n) is 15.9. The van der Waals surface area contributed by atoms with Gasteiger partial charge in [0.15, 0.2) is 0 Å². The molecule has 140 valence electrons. The number of esters is 1. The van der Waals surface area contributed by atoms with Crippen LogP contribution in [0.5, 0.6) is 0 Å². The van der Waals surface area contributed by atoms with Crippen LogP contribution in [-0.4, -0.2) is 53.4 Å². The predicted molar refractivity (Wildman–Crippen MR) is 105 cm³/mol. The molecule has 27 heavy (non-hydrogen) atoms. The van der Waals surface area contributed by atoms with E-state index in [-0.39, 0.29) is 5.97 Å². The van der Waals surface area contributed by atoms with Crippen LogP contribution < -0.4 is 0 Å². The third-order valence-electron chi connectivity index (χ3n) is 4.37. The molecule has 0 saturated carbocycles. The van der Waals surface area contributed by atoms with E-state index in [0.29, 0.717) is 12.0 Å². The third kappa shape index (κ3) is 4.60. The highest BCUT2D eigenvalue weighted by Crippen LogP contribution is 2.26. The zero-order valence-corrected chi connectivity index (χ0v) is 15.9. The van der Waals surface area contributed by atoms with Gasteiger partial charge in [-0.2, -0.15) is 5.10 Å². The lowest BCUT2D eigenvalue weighted by molar-refractivity contribution is 0.0599. The largest absolute Gasteiger partial charge is 0.465 e. The Labute approximate surface area is 159 Å². The van der Waals surface area contributed by atoms with Gasteiger partial charge in [0.2, 0.25) is 0 Å². The average Bonchev–Trinajstić information content (AvgIpc) is 3.09. The van der Waals surface area contributed by atoms with E-state index in [1.807, 2.05) is 37.0 Å². The van der Waals surface area contributed by atoms with Gasteiger partial charge in [0, 0.05) is 37.1 Å². The number of carbonyl (C=O) groups is 1. The fourth-order valence-electron chi connectivity index (χ4n) is 2.93. The van der Waals surface area contributed by atoms with Crippen molar-refractivity contribution in [2.75, 3.05) is 27.7 Å². The number of benzene rings is 1. The summed E-state index contributed by atoms with van der Waals surface area (Å²) in [4.78, 5) is 18.4. The van der Waals surface area contributed by atoms with E-state index < -0.39 is 0 Å². The maximum absolute atomic E-state index is 12.1. The molecule has 0 aliphatic carbocycles. The van der Waals surface area contributed by atoms with Gasteiger partial charge in [-0.15, -0.1) is 0 Å². The molecule has 0 unspecified atom stereocenters. The molecule has 0 bridgehead atoms. The summed E-state index contributed by atoms with van der Waals surface area (Å²) in [5.41, 5.74) is 4.41. The molecule has 0 aliphatic heterocycles. The first-order valence-corrected chi connectivity index (χ1v) is 8.86. The Kier molecular flexibility index (Phi) is 5.98. The number of ether oxygens (including phenoxy) is 1. The number of likely N-dealkylation sites (N-methyl/N-ethyl adjacent to an activating group) is 1. The van der Waals surface area contributed by atoms with Crippen molar-refractivity contribution in [1.29, 1.82) is 0 Å². The first-order chi connectivity index (χ1) is 13.1. The van der Waals surface area contributed by atoms with E-state index >= 15 is 0 Å². The molecule has 0 aliphatic rings. The van der Waals surface area contributed by atoms with Crippen LogP contribution >= 0.6 is 0 Å². The van der Waals surface area contributed by atoms with Crippen LogP contribution in [0, 0.1) is 0 Å². The maximum Gasteiger partial charge on any atom is 0.338 e. The molecule has 0 fully saturated rings. The Balaban J connectivity index is 1.98. The van der Waals surface area contributed by atoms with Crippen LogP contribution in [0.3, 0.4) is 0 Å². The number of methoxy groups -OCH3 is 1. The molecule has 0 saturated heterocycles. The minimum atomic E-state index is -0.360. The van der Waals surface area contributed by atoms with E-state index in [4.69, 9.17) is 9.84 Å². The summed E-state index contributed by atoms with van der Waals surface area (Å²) >= 11 is 0. The molecule has 2 aromatic heterocycles. The van der Waals surface area contributed by atoms with Gasteiger partial charge in [0.1, 0.15) is 0 Å². The second-order valence-electron chi connectivity index (χ2n) is 6.62. The first kappa shape index (κ1) is 18.8. The Bertz CT molecular complexity index is 904. The molecular formula is C21H24N4O2. The van der Waals surface area contributed by atoms with Gasteiger partial charge in [-0.3, -0.25) is 9.67 Å². The standard InChI is InChI=1S/C21H24N4O2/c1-24(2)11-12-25-15-19(16-7-5-4-6-8-16)20(23-25)13-17-14-22-10-9-18(17)21(26)27-3/h4-10,14-15H,11-13H2,1-3H3. The number of hydrogen-bond donors (Lipinski definition) is 0. The molecule has 1 aromatic carbocycles. The fraction of sp³-hybridized carbons (Fsp3) is 0.286. The van der Waals surface area contributed by atoms with Gasteiger partial charge in [-0.25, -0.2) is 4.79 Å². The van der Waals surface area contributed by atoms with Crippen molar-refractivity contribution in [2.45, 2.75) is 13.0 Å². The van der Waals surface area contributed by atoms with Gasteiger partial charge >= 0.3 is 5.97 Å². The highest BCUT2D eigenvalue weighted by molar-refractivity contribution is 5.91. The van der Waals surface area contributed by atoms with Crippen LogP contribution in [-0.2, 0) is 17.7 Å². The highest BCUT2D eigenvalue weighted by Gasteiger charge is 2.17. The average molecular weight is 364 g/mol. The van der Waals surface area contributed by atoms with Crippen LogP contribution in [0.4, 0.5) is 0 Å². The molecule has 0 N–H and O–H groups in total. The summed E-state index contributed by atoms with van der Waals surface area (Å²) in [6.45, 7) is 1.69. The summed E-state index contributed by atoms with van der Waals surface area (Å²) in [5, 5.41) is 4.79. The molecule has 0 spiro atoms. The summed E-state index contributed by atoms with van der Waals surface area (Å²) < 4.78 is 6.87. The van der Waals surface area contributed by atoms with Crippen LogP contribution in [0.1, 0.15) is 21.6 Å². The number of rotatable bonds is 7. The van der Waals surface area contributed by atoms with Crippen molar-refractivity contribution in [1.82, 2.24) is 19.7 Å². The maximum atomic E-state index is 12.1. The van der Waals surface area contributed by atoms with Gasteiger partial charge in [0.05, 0.1) is 24.9 Å². The first-order valence-electron chi connectivity index (χ1n) is 8.86. The van der Waals surface area contributed by atoms with Crippen molar-refractivity contribution in [3.63, 3.8) is 0 Å². The van der Waals surface area contributed by atoms with Gasteiger partial charge in [-0.1, -0.05) is 30.3 Å². The van der Waals surface area contributed by atoms with E-state index in [2.05, 4.69) is 28.2 Å². The van der Waals surface area contributed by atoms with Crippen molar-refractivity contribution >= 4 is 5.97 Å². The van der Waals surface area contributed by atoms with Crippen molar-refractivity contribution in [3.8, 4) is 11.1 Å². The zero-order chi connectivity index (χ0) is 19.2. The molecule has 6 heteroatoms. The minimum Gasteiger partial charge on any atom is -0.465 e. The number of pyridine rings is 1. The predicted octanol–water partition coefficient (Wildman–Crippen LogP) is 2.88. The Morgan fingerprint density at radius 2 is 1.96 bits per heavy atom. The lowest BCUT2D eigenvalue weighted by Crippen LogP contribution is -2.18. The Hall–Kier alpha value is -2.99. The van der Waals surface area contributed by atoms with E-state index in [0.717, 1.165) is 35.5 Å². The molecule has 6 nitrogen and oxygen atoms in total. The Morgan fingerprint density at radius 3 is 2.67 bits per heavy atom. The van der Waals surface area contributed by atoms with Gasteiger partial charge < -0.3 is 9.64 Å². The summed E-state index contributed by atoms with van der Waals surface area (Å²) in [6, 6.07) is 11.9. The minimum absolute atomic E-state index is 0.360. The molecule has 2 heterocycles. The molecular weight excluding hydrogens is 340 g/mol. The van der Waals surface area contributed by atoms with Gasteiger partial charge in [0.25, 0.3) is 0 Å². The Morgan fingerprint density at radius 1 is 1.19 bits per heavy atom. The summed E-state index contributed by atoms with van der Waals surface area (Å²) in [5.74, 6) is -0.360. The monoisotopic (exact) mass is 364 g/mol. The molecule has 3 aromatic rings. The third-order valence-corrected chi connectivity index (χ3v) is 4.37. The van der Waals surface area contributed by atoms with E-state index in [1.54, 1.807) is 18.5 Å². The van der Waals surface area contributed by atoms with E-state index in [1.165, 1.54) is 7.11 Å². The fourth-order valence-corrected chi connectivity index (χ4v) is 2.93. The summed E-state index contributed by atoms with van der Waals surface area (Å²) in [6.07, 6.45) is 5.89. The van der Waals surface area contributed by atoms with Crippen LogP contribution in [0.25, 0.3) is 11.1 Å². The van der Waals surface area contributed by atoms with E-state index in [9.17, 15) is 4.79 Å². The van der Waals surface area contributed by atoms with Crippen molar-refractivity contribution in [3.05, 3.63) is 71.8 Å². The SMILES string of the molecule is COC(=O)c1ccncc1Cc1nn(CCN(C)C)cc1-c1ccccc1. The lowest BCUT2D eigenvalue weighted by atomic mass is 10.00. The smallest absolute Gasteiger partial charge is 0.338 e. The second kappa shape index (κ2) is 8.60. The topological polar surface area (TPSA) is 60.2 Å². The van der Waals surface area contributed by atoms with Crippen molar-refractivity contribution in [2.24, 2.45) is 0 Å².